The fraction of sp³-hybridized carbons (Fsp3) is 0.211. The number of aryl methyl sites for hydroxylation is 1. The number of hydrogen-bond donors (Lipinski definition) is 1. The lowest BCUT2D eigenvalue weighted by Gasteiger charge is -2.13. The van der Waals surface area contributed by atoms with Crippen molar-refractivity contribution in [2.45, 2.75) is 19.9 Å². The van der Waals surface area contributed by atoms with E-state index in [0.29, 0.717) is 0 Å². The summed E-state index contributed by atoms with van der Waals surface area (Å²) in [5.74, 6) is 0.622. The predicted molar refractivity (Wildman–Crippen MR) is 89.8 cm³/mol. The van der Waals surface area contributed by atoms with Gasteiger partial charge in [0.15, 0.2) is 0 Å². The molecular weight excluding hydrogens is 274 g/mol. The van der Waals surface area contributed by atoms with Gasteiger partial charge in [0.2, 0.25) is 5.91 Å². The Bertz CT molecular complexity index is 659. The third-order valence-corrected chi connectivity index (χ3v) is 3.49. The lowest BCUT2D eigenvalue weighted by atomic mass is 10.1. The number of nitrogens with one attached hydrogen (secondary N) is 1. The molecule has 0 heterocycles. The van der Waals surface area contributed by atoms with Gasteiger partial charge in [-0.2, -0.15) is 0 Å². The summed E-state index contributed by atoms with van der Waals surface area (Å²) in [5.41, 5.74) is 3.17. The molecule has 0 spiro atoms. The van der Waals surface area contributed by atoms with Gasteiger partial charge in [-0.05, 0) is 31.6 Å². The van der Waals surface area contributed by atoms with Crippen LogP contribution in [0.1, 0.15) is 29.7 Å². The summed E-state index contributed by atoms with van der Waals surface area (Å²) in [4.78, 5) is 12.0. The molecule has 0 aromatic heterocycles. The normalized spacial score (nSPS) is 12.1. The van der Waals surface area contributed by atoms with Crippen LogP contribution in [0.15, 0.2) is 54.6 Å². The summed E-state index contributed by atoms with van der Waals surface area (Å²) >= 11 is 0. The number of carbonyl (C=O) groups is 1. The Kier molecular flexibility index (Phi) is 5.37. The number of benzene rings is 2. The second kappa shape index (κ2) is 7.46. The van der Waals surface area contributed by atoms with Crippen molar-refractivity contribution in [3.63, 3.8) is 0 Å². The van der Waals surface area contributed by atoms with Crippen LogP contribution in [0.25, 0.3) is 6.08 Å². The monoisotopic (exact) mass is 295 g/mol. The molecule has 2 aromatic carbocycles. The van der Waals surface area contributed by atoms with Crippen molar-refractivity contribution in [1.82, 2.24) is 5.32 Å². The van der Waals surface area contributed by atoms with Crippen LogP contribution in [0.4, 0.5) is 0 Å². The van der Waals surface area contributed by atoms with Gasteiger partial charge in [0.1, 0.15) is 5.75 Å². The molecule has 1 amide bonds. The van der Waals surface area contributed by atoms with E-state index in [9.17, 15) is 4.79 Å². The van der Waals surface area contributed by atoms with Crippen LogP contribution in [-0.4, -0.2) is 13.0 Å². The molecule has 0 radical (unpaired) electrons. The summed E-state index contributed by atoms with van der Waals surface area (Å²) in [6.07, 6.45) is 3.29. The van der Waals surface area contributed by atoms with Gasteiger partial charge < -0.3 is 10.1 Å². The molecule has 114 valence electrons. The Morgan fingerprint density at radius 1 is 1.14 bits per heavy atom. The maximum atomic E-state index is 12.0. The predicted octanol–water partition coefficient (Wildman–Crippen LogP) is 3.89. The molecule has 0 saturated carbocycles. The fourth-order valence-electron chi connectivity index (χ4n) is 2.17. The number of rotatable bonds is 5. The molecule has 0 aliphatic carbocycles. The van der Waals surface area contributed by atoms with Gasteiger partial charge in [-0.25, -0.2) is 0 Å². The number of amides is 1. The van der Waals surface area contributed by atoms with Crippen molar-refractivity contribution in [3.8, 4) is 5.75 Å². The number of hydrogen-bond acceptors (Lipinski definition) is 2. The number of carbonyl (C=O) groups excluding carboxylic acids is 1. The first-order chi connectivity index (χ1) is 10.6. The molecule has 2 aromatic rings. The second-order valence-electron chi connectivity index (χ2n) is 5.22. The minimum Gasteiger partial charge on any atom is -0.496 e. The van der Waals surface area contributed by atoms with Gasteiger partial charge >= 0.3 is 0 Å². The van der Waals surface area contributed by atoms with E-state index < -0.39 is 0 Å². The van der Waals surface area contributed by atoms with Gasteiger partial charge in [-0.15, -0.1) is 0 Å². The lowest BCUT2D eigenvalue weighted by Crippen LogP contribution is -2.24. The van der Waals surface area contributed by atoms with Crippen LogP contribution in [0.2, 0.25) is 0 Å². The molecule has 0 bridgehead atoms. The maximum absolute atomic E-state index is 12.0. The van der Waals surface area contributed by atoms with Crippen LogP contribution >= 0.6 is 0 Å². The zero-order valence-electron chi connectivity index (χ0n) is 13.2. The van der Waals surface area contributed by atoms with Crippen LogP contribution in [0.3, 0.4) is 0 Å². The topological polar surface area (TPSA) is 38.3 Å². The van der Waals surface area contributed by atoms with Gasteiger partial charge in [0.25, 0.3) is 0 Å². The van der Waals surface area contributed by atoms with E-state index in [-0.39, 0.29) is 11.9 Å². The van der Waals surface area contributed by atoms with E-state index in [2.05, 4.69) is 5.32 Å². The van der Waals surface area contributed by atoms with Crippen LogP contribution in [-0.2, 0) is 4.79 Å². The molecule has 0 aliphatic heterocycles. The summed E-state index contributed by atoms with van der Waals surface area (Å²) < 4.78 is 5.26. The van der Waals surface area contributed by atoms with Crippen molar-refractivity contribution >= 4 is 12.0 Å². The molecule has 22 heavy (non-hydrogen) atoms. The largest absolute Gasteiger partial charge is 0.496 e. The summed E-state index contributed by atoms with van der Waals surface area (Å²) in [5, 5.41) is 2.96. The fourth-order valence-corrected chi connectivity index (χ4v) is 2.17. The molecule has 0 unspecified atom stereocenters. The van der Waals surface area contributed by atoms with Crippen LogP contribution < -0.4 is 10.1 Å². The van der Waals surface area contributed by atoms with Crippen molar-refractivity contribution in [2.75, 3.05) is 7.11 Å². The first kappa shape index (κ1) is 15.8. The molecular formula is C19H21NO2. The highest BCUT2D eigenvalue weighted by Crippen LogP contribution is 2.18. The van der Waals surface area contributed by atoms with E-state index in [4.69, 9.17) is 4.74 Å². The zero-order valence-corrected chi connectivity index (χ0v) is 13.2. The van der Waals surface area contributed by atoms with Gasteiger partial charge in [-0.1, -0.05) is 48.0 Å². The number of ether oxygens (including phenoxy) is 1. The molecule has 3 nitrogen and oxygen atoms in total. The van der Waals surface area contributed by atoms with Gasteiger partial charge in [-0.3, -0.25) is 4.79 Å². The zero-order chi connectivity index (χ0) is 15.9. The molecule has 0 aliphatic rings. The van der Waals surface area contributed by atoms with Crippen molar-refractivity contribution < 1.29 is 9.53 Å². The molecule has 1 N–H and O–H groups in total. The van der Waals surface area contributed by atoms with Crippen LogP contribution in [0, 0.1) is 6.92 Å². The van der Waals surface area contributed by atoms with E-state index in [1.165, 1.54) is 11.6 Å². The first-order valence-electron chi connectivity index (χ1n) is 7.28. The Balaban J connectivity index is 2.00. The highest BCUT2D eigenvalue weighted by Gasteiger charge is 2.07. The Labute approximate surface area is 131 Å². The SMILES string of the molecule is COc1ccccc1/C=C/C(=O)N[C@@H](C)c1ccc(C)cc1. The van der Waals surface area contributed by atoms with Crippen molar-refractivity contribution in [3.05, 3.63) is 71.3 Å². The summed E-state index contributed by atoms with van der Waals surface area (Å²) in [7, 11) is 1.62. The Hall–Kier alpha value is -2.55. The quantitative estimate of drug-likeness (QED) is 0.850. The number of para-hydroxylation sites is 1. The standard InChI is InChI=1S/C19H21NO2/c1-14-8-10-16(11-9-14)15(2)20-19(21)13-12-17-6-4-5-7-18(17)22-3/h4-13,15H,1-3H3,(H,20,21)/b13-12+/t15-/m0/s1. The average molecular weight is 295 g/mol. The smallest absolute Gasteiger partial charge is 0.244 e. The molecule has 0 saturated heterocycles. The average Bonchev–Trinajstić information content (AvgIpc) is 2.53. The first-order valence-corrected chi connectivity index (χ1v) is 7.28. The summed E-state index contributed by atoms with van der Waals surface area (Å²) in [6, 6.07) is 15.7. The van der Waals surface area contributed by atoms with E-state index >= 15 is 0 Å². The summed E-state index contributed by atoms with van der Waals surface area (Å²) in [6.45, 7) is 4.02. The van der Waals surface area contributed by atoms with Gasteiger partial charge in [0.05, 0.1) is 13.2 Å². The van der Waals surface area contributed by atoms with E-state index in [1.54, 1.807) is 13.2 Å². The Morgan fingerprint density at radius 2 is 1.82 bits per heavy atom. The minimum absolute atomic E-state index is 0.0320. The van der Waals surface area contributed by atoms with E-state index in [0.717, 1.165) is 16.9 Å². The second-order valence-corrected chi connectivity index (χ2v) is 5.22. The molecule has 1 atom stereocenters. The van der Waals surface area contributed by atoms with E-state index in [1.807, 2.05) is 62.4 Å². The van der Waals surface area contributed by atoms with Gasteiger partial charge in [0, 0.05) is 11.6 Å². The maximum Gasteiger partial charge on any atom is 0.244 e. The van der Waals surface area contributed by atoms with Crippen LogP contribution in [0.5, 0.6) is 5.75 Å². The number of methoxy groups -OCH3 is 1. The third kappa shape index (κ3) is 4.22. The highest BCUT2D eigenvalue weighted by atomic mass is 16.5. The molecule has 3 heteroatoms. The lowest BCUT2D eigenvalue weighted by molar-refractivity contribution is -0.117. The van der Waals surface area contributed by atoms with Crippen molar-refractivity contribution in [1.29, 1.82) is 0 Å². The molecule has 2 rings (SSSR count). The third-order valence-electron chi connectivity index (χ3n) is 3.49. The van der Waals surface area contributed by atoms with Crippen molar-refractivity contribution in [2.24, 2.45) is 0 Å². The highest BCUT2D eigenvalue weighted by molar-refractivity contribution is 5.92. The minimum atomic E-state index is -0.126. The Morgan fingerprint density at radius 3 is 2.50 bits per heavy atom. The molecule has 0 fully saturated rings.